The molecule has 0 radical (unpaired) electrons. The first-order chi connectivity index (χ1) is 11.0. The number of aromatic nitrogens is 3. The number of carbonyl (C=O) groups is 2. The van der Waals surface area contributed by atoms with Crippen LogP contribution < -0.4 is 10.5 Å². The van der Waals surface area contributed by atoms with Gasteiger partial charge in [0.15, 0.2) is 0 Å². The zero-order valence-corrected chi connectivity index (χ0v) is 13.0. The van der Waals surface area contributed by atoms with E-state index in [1.54, 1.807) is 18.2 Å². The third kappa shape index (κ3) is 1.78. The van der Waals surface area contributed by atoms with Crippen molar-refractivity contribution < 1.29 is 9.59 Å². The number of hydrogen-bond donors (Lipinski definition) is 0. The third-order valence-electron chi connectivity index (χ3n) is 3.68. The lowest BCUT2D eigenvalue weighted by Gasteiger charge is -2.14. The van der Waals surface area contributed by atoms with Gasteiger partial charge in [0.25, 0.3) is 17.4 Å². The highest BCUT2D eigenvalue weighted by Gasteiger charge is 2.41. The lowest BCUT2D eigenvalue weighted by Crippen LogP contribution is -2.31. The van der Waals surface area contributed by atoms with Gasteiger partial charge in [-0.25, -0.2) is 9.30 Å². The Morgan fingerprint density at radius 1 is 1.04 bits per heavy atom. The summed E-state index contributed by atoms with van der Waals surface area (Å²) in [6.45, 7) is 3.40. The molecule has 3 aromatic rings. The van der Waals surface area contributed by atoms with E-state index in [2.05, 4.69) is 10.2 Å². The second-order valence-corrected chi connectivity index (χ2v) is 6.25. The van der Waals surface area contributed by atoms with Crippen LogP contribution in [-0.4, -0.2) is 26.4 Å². The maximum Gasteiger partial charge on any atom is 0.284 e. The summed E-state index contributed by atoms with van der Waals surface area (Å²) < 4.78 is 1.18. The van der Waals surface area contributed by atoms with Gasteiger partial charge in [-0.05, 0) is 31.5 Å². The predicted molar refractivity (Wildman–Crippen MR) is 84.2 cm³/mol. The van der Waals surface area contributed by atoms with Crippen molar-refractivity contribution in [3.05, 3.63) is 56.4 Å². The van der Waals surface area contributed by atoms with Crippen LogP contribution in [0.3, 0.4) is 0 Å². The highest BCUT2D eigenvalue weighted by molar-refractivity contribution is 7.19. The van der Waals surface area contributed by atoms with Gasteiger partial charge >= 0.3 is 0 Å². The van der Waals surface area contributed by atoms with Crippen molar-refractivity contribution in [2.45, 2.75) is 13.8 Å². The molecule has 1 aliphatic rings. The number of anilines is 1. The van der Waals surface area contributed by atoms with Crippen molar-refractivity contribution in [2.75, 3.05) is 4.90 Å². The highest BCUT2D eigenvalue weighted by atomic mass is 32.1. The molecule has 0 unspecified atom stereocenters. The molecule has 0 saturated carbocycles. The number of carbonyl (C=O) groups excluding carboxylic acids is 2. The second-order valence-electron chi connectivity index (χ2n) is 5.27. The minimum absolute atomic E-state index is 0.0690. The van der Waals surface area contributed by atoms with Crippen LogP contribution in [-0.2, 0) is 0 Å². The summed E-state index contributed by atoms with van der Waals surface area (Å²) in [4.78, 5) is 39.2. The number of fused-ring (bicyclic) bond motifs is 3. The number of amides is 2. The molecule has 0 atom stereocenters. The van der Waals surface area contributed by atoms with Crippen molar-refractivity contribution in [1.29, 1.82) is 0 Å². The van der Waals surface area contributed by atoms with Gasteiger partial charge < -0.3 is 0 Å². The maximum absolute atomic E-state index is 12.8. The number of thiazole rings is 1. The Balaban J connectivity index is 1.97. The fourth-order valence-electron chi connectivity index (χ4n) is 2.60. The van der Waals surface area contributed by atoms with E-state index < -0.39 is 17.4 Å². The van der Waals surface area contributed by atoms with E-state index in [4.69, 9.17) is 0 Å². The molecule has 114 valence electrons. The van der Waals surface area contributed by atoms with Crippen molar-refractivity contribution >= 4 is 33.8 Å². The summed E-state index contributed by atoms with van der Waals surface area (Å²) in [6, 6.07) is 7.10. The molecule has 7 nitrogen and oxygen atoms in total. The van der Waals surface area contributed by atoms with E-state index in [1.807, 2.05) is 13.0 Å². The van der Waals surface area contributed by atoms with Gasteiger partial charge in [0, 0.05) is 0 Å². The van der Waals surface area contributed by atoms with E-state index in [1.165, 1.54) is 11.3 Å². The van der Waals surface area contributed by atoms with Crippen LogP contribution in [0.5, 0.6) is 0 Å². The van der Waals surface area contributed by atoms with Gasteiger partial charge in [-0.15, -0.1) is 10.2 Å². The van der Waals surface area contributed by atoms with Gasteiger partial charge in [0.1, 0.15) is 16.3 Å². The summed E-state index contributed by atoms with van der Waals surface area (Å²) >= 11 is 1.00. The Labute approximate surface area is 133 Å². The number of aryl methyl sites for hydroxylation is 2. The van der Waals surface area contributed by atoms with Gasteiger partial charge in [0.2, 0.25) is 4.96 Å². The molecule has 3 heterocycles. The molecule has 0 aliphatic carbocycles. The minimum atomic E-state index is -0.517. The Hall–Kier alpha value is -2.87. The molecule has 2 aromatic heterocycles. The Bertz CT molecular complexity index is 1070. The summed E-state index contributed by atoms with van der Waals surface area (Å²) in [5.41, 5.74) is 1.24. The highest BCUT2D eigenvalue weighted by Crippen LogP contribution is 2.33. The molecule has 4 rings (SSSR count). The quantitative estimate of drug-likeness (QED) is 0.634. The average molecular weight is 326 g/mol. The van der Waals surface area contributed by atoms with Crippen LogP contribution in [0.25, 0.3) is 4.96 Å². The van der Waals surface area contributed by atoms with E-state index in [9.17, 15) is 14.4 Å². The number of rotatable bonds is 1. The summed E-state index contributed by atoms with van der Waals surface area (Å²) in [6.07, 6.45) is 0. The minimum Gasteiger partial charge on any atom is -0.267 e. The molecule has 0 fully saturated rings. The molecule has 23 heavy (non-hydrogen) atoms. The molecular formula is C15H10N4O3S. The molecule has 8 heteroatoms. The van der Waals surface area contributed by atoms with Crippen molar-refractivity contribution in [1.82, 2.24) is 14.6 Å². The van der Waals surface area contributed by atoms with E-state index in [0.717, 1.165) is 21.8 Å². The SMILES string of the molecule is Cc1cccc(N2C(=O)c3sc4nnc(C)c(=O)n4c3C2=O)c1. The first-order valence-corrected chi connectivity index (χ1v) is 7.65. The van der Waals surface area contributed by atoms with Crippen molar-refractivity contribution in [3.63, 3.8) is 0 Å². The molecule has 0 saturated heterocycles. The van der Waals surface area contributed by atoms with E-state index in [-0.39, 0.29) is 21.2 Å². The zero-order chi connectivity index (χ0) is 16.3. The molecule has 2 amide bonds. The number of benzene rings is 1. The van der Waals surface area contributed by atoms with Gasteiger partial charge in [-0.3, -0.25) is 14.4 Å². The van der Waals surface area contributed by atoms with Crippen molar-refractivity contribution in [2.24, 2.45) is 0 Å². The van der Waals surface area contributed by atoms with Gasteiger partial charge in [0.05, 0.1) is 5.69 Å². The molecule has 1 aliphatic heterocycles. The van der Waals surface area contributed by atoms with Gasteiger partial charge in [-0.1, -0.05) is 23.5 Å². The molecule has 0 N–H and O–H groups in total. The Kier molecular flexibility index (Phi) is 2.73. The first-order valence-electron chi connectivity index (χ1n) is 6.83. The largest absolute Gasteiger partial charge is 0.284 e. The van der Waals surface area contributed by atoms with Crippen LogP contribution in [0.4, 0.5) is 5.69 Å². The summed E-state index contributed by atoms with van der Waals surface area (Å²) in [5.74, 6) is -0.959. The lowest BCUT2D eigenvalue weighted by atomic mass is 10.2. The number of hydrogen-bond acceptors (Lipinski definition) is 6. The number of imide groups is 1. The smallest absolute Gasteiger partial charge is 0.267 e. The third-order valence-corrected chi connectivity index (χ3v) is 4.70. The number of nitrogens with zero attached hydrogens (tertiary/aromatic N) is 4. The molecular weight excluding hydrogens is 316 g/mol. The standard InChI is InChI=1S/C15H10N4O3S/c1-7-4-3-5-9(6-7)18-13(21)10-11(14(18)22)23-15-17-16-8(2)12(20)19(10)15/h3-6H,1-2H3. The first kappa shape index (κ1) is 13.8. The fraction of sp³-hybridized carbons (Fsp3) is 0.133. The average Bonchev–Trinajstić information content (AvgIpc) is 3.01. The van der Waals surface area contributed by atoms with Crippen LogP contribution in [0, 0.1) is 13.8 Å². The van der Waals surface area contributed by atoms with Crippen LogP contribution >= 0.6 is 11.3 Å². The lowest BCUT2D eigenvalue weighted by molar-refractivity contribution is 0.0925. The normalized spacial score (nSPS) is 13.9. The van der Waals surface area contributed by atoms with Crippen LogP contribution in [0.1, 0.15) is 31.4 Å². The Morgan fingerprint density at radius 2 is 1.83 bits per heavy atom. The van der Waals surface area contributed by atoms with Crippen molar-refractivity contribution in [3.8, 4) is 0 Å². The summed E-state index contributed by atoms with van der Waals surface area (Å²) in [7, 11) is 0. The van der Waals surface area contributed by atoms with Crippen LogP contribution in [0.15, 0.2) is 29.1 Å². The predicted octanol–water partition coefficient (Wildman–Crippen LogP) is 1.57. The maximum atomic E-state index is 12.8. The topological polar surface area (TPSA) is 84.6 Å². The fourth-order valence-corrected chi connectivity index (χ4v) is 3.58. The molecule has 0 bridgehead atoms. The van der Waals surface area contributed by atoms with E-state index >= 15 is 0 Å². The second kappa shape index (κ2) is 4.56. The summed E-state index contributed by atoms with van der Waals surface area (Å²) in [5, 5.41) is 7.64. The zero-order valence-electron chi connectivity index (χ0n) is 12.2. The molecule has 1 aromatic carbocycles. The van der Waals surface area contributed by atoms with E-state index in [0.29, 0.717) is 5.69 Å². The monoisotopic (exact) mass is 326 g/mol. The Morgan fingerprint density at radius 3 is 2.57 bits per heavy atom. The van der Waals surface area contributed by atoms with Gasteiger partial charge in [-0.2, -0.15) is 0 Å². The van der Waals surface area contributed by atoms with Crippen LogP contribution in [0.2, 0.25) is 0 Å². The molecule has 0 spiro atoms.